The second-order valence-electron chi connectivity index (χ2n) is 4.91. The number of halogens is 3. The summed E-state index contributed by atoms with van der Waals surface area (Å²) in [5.41, 5.74) is 0.222. The highest BCUT2D eigenvalue weighted by molar-refractivity contribution is 7.10. The second kappa shape index (κ2) is 5.36. The smallest absolute Gasteiger partial charge is 0.451 e. The zero-order valence-corrected chi connectivity index (χ0v) is 12.0. The summed E-state index contributed by atoms with van der Waals surface area (Å²) in [5, 5.41) is 17.3. The molecular weight excluding hydrogens is 321 g/mol. The summed E-state index contributed by atoms with van der Waals surface area (Å²) in [4.78, 5) is 13.6. The normalized spacial score (nSPS) is 15.8. The van der Waals surface area contributed by atoms with Crippen LogP contribution in [0.1, 0.15) is 26.9 Å². The van der Waals surface area contributed by atoms with Crippen LogP contribution < -0.4 is 0 Å². The van der Waals surface area contributed by atoms with E-state index < -0.39 is 18.0 Å². The summed E-state index contributed by atoms with van der Waals surface area (Å²) in [7, 11) is 0. The van der Waals surface area contributed by atoms with Gasteiger partial charge in [0.05, 0.1) is 12.1 Å². The van der Waals surface area contributed by atoms with Crippen molar-refractivity contribution in [1.82, 2.24) is 19.7 Å². The van der Waals surface area contributed by atoms with Gasteiger partial charge in [0.15, 0.2) is 0 Å². The minimum absolute atomic E-state index is 0.161. The minimum atomic E-state index is -4.50. The number of nitrogens with zero attached hydrogens (tertiary/aromatic N) is 4. The van der Waals surface area contributed by atoms with Gasteiger partial charge in [-0.25, -0.2) is 4.79 Å². The van der Waals surface area contributed by atoms with Crippen molar-refractivity contribution < 1.29 is 23.1 Å². The molecule has 0 saturated heterocycles. The van der Waals surface area contributed by atoms with Gasteiger partial charge in [-0.05, 0) is 6.07 Å². The van der Waals surface area contributed by atoms with Crippen molar-refractivity contribution in [2.24, 2.45) is 0 Å². The van der Waals surface area contributed by atoms with Crippen LogP contribution in [0.3, 0.4) is 0 Å². The average molecular weight is 332 g/mol. The number of thiophene rings is 1. The molecule has 0 amide bonds. The molecule has 0 aliphatic carbocycles. The third-order valence-electron chi connectivity index (χ3n) is 3.37. The summed E-state index contributed by atoms with van der Waals surface area (Å²) >= 11 is 1.32. The summed E-state index contributed by atoms with van der Waals surface area (Å²) in [6, 6.07) is 1.58. The van der Waals surface area contributed by atoms with Crippen LogP contribution >= 0.6 is 11.3 Å². The molecule has 0 atom stereocenters. The van der Waals surface area contributed by atoms with Crippen LogP contribution in [0, 0.1) is 0 Å². The highest BCUT2D eigenvalue weighted by Crippen LogP contribution is 2.29. The van der Waals surface area contributed by atoms with Crippen LogP contribution in [0.4, 0.5) is 13.2 Å². The lowest BCUT2D eigenvalue weighted by atomic mass is 10.3. The molecule has 3 rings (SSSR count). The van der Waals surface area contributed by atoms with Gasteiger partial charge in [-0.2, -0.15) is 13.2 Å². The summed E-state index contributed by atoms with van der Waals surface area (Å²) in [6.45, 7) is 1.32. The number of rotatable bonds is 3. The van der Waals surface area contributed by atoms with Crippen molar-refractivity contribution in [3.63, 3.8) is 0 Å². The van der Waals surface area contributed by atoms with E-state index in [0.29, 0.717) is 13.1 Å². The van der Waals surface area contributed by atoms with Crippen molar-refractivity contribution in [3.8, 4) is 0 Å². The molecule has 3 heterocycles. The lowest BCUT2D eigenvalue weighted by Gasteiger charge is -2.27. The van der Waals surface area contributed by atoms with E-state index in [0.717, 1.165) is 9.44 Å². The molecule has 0 radical (unpaired) electrons. The van der Waals surface area contributed by atoms with Crippen LogP contribution in [0.25, 0.3) is 0 Å². The quantitative estimate of drug-likeness (QED) is 0.932. The van der Waals surface area contributed by atoms with Crippen LogP contribution in [-0.4, -0.2) is 37.3 Å². The van der Waals surface area contributed by atoms with E-state index >= 15 is 0 Å². The number of hydrogen-bond donors (Lipinski definition) is 1. The first-order valence-electron chi connectivity index (χ1n) is 6.37. The Bertz CT molecular complexity index is 710. The fourth-order valence-electron chi connectivity index (χ4n) is 2.35. The fraction of sp³-hybridized carbons (Fsp3) is 0.417. The average Bonchev–Trinajstić information content (AvgIpc) is 3.03. The first-order chi connectivity index (χ1) is 10.3. The number of carboxylic acids is 1. The topological polar surface area (TPSA) is 71.2 Å². The van der Waals surface area contributed by atoms with Crippen LogP contribution in [0.5, 0.6) is 0 Å². The van der Waals surface area contributed by atoms with Gasteiger partial charge in [0.1, 0.15) is 5.82 Å². The van der Waals surface area contributed by atoms with Crippen molar-refractivity contribution >= 4 is 17.3 Å². The Labute approximate surface area is 126 Å². The first kappa shape index (κ1) is 15.0. The molecule has 0 saturated carbocycles. The maximum absolute atomic E-state index is 12.7. The minimum Gasteiger partial charge on any atom is -0.478 e. The summed E-state index contributed by atoms with van der Waals surface area (Å²) < 4.78 is 39.3. The molecular formula is C12H11F3N4O2S. The Hall–Kier alpha value is -1.94. The molecule has 6 nitrogen and oxygen atoms in total. The van der Waals surface area contributed by atoms with Gasteiger partial charge in [-0.1, -0.05) is 0 Å². The number of alkyl halides is 3. The van der Waals surface area contributed by atoms with E-state index in [4.69, 9.17) is 5.11 Å². The molecule has 2 aromatic heterocycles. The van der Waals surface area contributed by atoms with E-state index in [1.165, 1.54) is 11.3 Å². The van der Waals surface area contributed by atoms with E-state index in [2.05, 4.69) is 10.2 Å². The number of aromatic carboxylic acids is 1. The van der Waals surface area contributed by atoms with Crippen LogP contribution in [0.15, 0.2) is 11.4 Å². The zero-order valence-electron chi connectivity index (χ0n) is 11.2. The number of carbonyl (C=O) groups is 1. The van der Waals surface area contributed by atoms with Gasteiger partial charge in [-0.3, -0.25) is 4.90 Å². The highest BCUT2D eigenvalue weighted by Gasteiger charge is 2.39. The zero-order chi connectivity index (χ0) is 15.9. The Morgan fingerprint density at radius 3 is 2.77 bits per heavy atom. The van der Waals surface area contributed by atoms with Gasteiger partial charge >= 0.3 is 12.1 Å². The molecule has 10 heteroatoms. The van der Waals surface area contributed by atoms with Crippen LogP contribution in [0.2, 0.25) is 0 Å². The van der Waals surface area contributed by atoms with Crippen molar-refractivity contribution in [2.75, 3.05) is 6.54 Å². The Morgan fingerprint density at radius 2 is 2.14 bits per heavy atom. The molecule has 0 aromatic carbocycles. The molecule has 0 fully saturated rings. The van der Waals surface area contributed by atoms with Gasteiger partial charge in [0, 0.05) is 29.9 Å². The molecule has 22 heavy (non-hydrogen) atoms. The molecule has 0 unspecified atom stereocenters. The lowest BCUT2D eigenvalue weighted by molar-refractivity contribution is -0.148. The number of carboxylic acid groups (broad SMARTS) is 1. The lowest BCUT2D eigenvalue weighted by Crippen LogP contribution is -2.34. The fourth-order valence-corrected chi connectivity index (χ4v) is 3.25. The van der Waals surface area contributed by atoms with E-state index in [1.807, 2.05) is 4.90 Å². The molecule has 0 bridgehead atoms. The largest absolute Gasteiger partial charge is 0.478 e. The van der Waals surface area contributed by atoms with Gasteiger partial charge in [0.25, 0.3) is 0 Å². The third-order valence-corrected chi connectivity index (χ3v) is 4.29. The Morgan fingerprint density at radius 1 is 1.36 bits per heavy atom. The van der Waals surface area contributed by atoms with Crippen molar-refractivity contribution in [2.45, 2.75) is 25.8 Å². The number of fused-ring (bicyclic) bond motifs is 1. The van der Waals surface area contributed by atoms with Gasteiger partial charge < -0.3 is 9.67 Å². The second-order valence-corrected chi connectivity index (χ2v) is 5.90. The predicted octanol–water partition coefficient (Wildman–Crippen LogP) is 2.07. The van der Waals surface area contributed by atoms with E-state index in [-0.39, 0.29) is 24.5 Å². The van der Waals surface area contributed by atoms with Gasteiger partial charge in [-0.15, -0.1) is 21.5 Å². The number of aromatic nitrogens is 3. The Kier molecular flexibility index (Phi) is 3.65. The van der Waals surface area contributed by atoms with E-state index in [9.17, 15) is 18.0 Å². The van der Waals surface area contributed by atoms with Crippen LogP contribution in [-0.2, 0) is 25.8 Å². The maximum atomic E-state index is 12.7. The third kappa shape index (κ3) is 2.83. The van der Waals surface area contributed by atoms with Gasteiger partial charge in [0.2, 0.25) is 5.82 Å². The standard InChI is InChI=1S/C12H11F3N4O2S/c13-12(14,15)11-17-16-9-5-18(1-2-19(9)11)4-8-3-7(6-22-8)10(20)21/h3,6H,1-2,4-5H2,(H,20,21). The Balaban J connectivity index is 1.72. The summed E-state index contributed by atoms with van der Waals surface area (Å²) in [5.74, 6) is -1.68. The molecule has 1 N–H and O–H groups in total. The SMILES string of the molecule is O=C(O)c1csc(CN2CCn3c(nnc3C(F)(F)F)C2)c1. The molecule has 0 spiro atoms. The molecule has 118 valence electrons. The van der Waals surface area contributed by atoms with E-state index in [1.54, 1.807) is 11.4 Å². The number of hydrogen-bond acceptors (Lipinski definition) is 5. The maximum Gasteiger partial charge on any atom is 0.451 e. The van der Waals surface area contributed by atoms with Crippen molar-refractivity contribution in [3.05, 3.63) is 33.5 Å². The predicted molar refractivity (Wildman–Crippen MR) is 70.4 cm³/mol. The monoisotopic (exact) mass is 332 g/mol. The molecule has 2 aromatic rings. The highest BCUT2D eigenvalue weighted by atomic mass is 32.1. The molecule has 1 aliphatic heterocycles. The first-order valence-corrected chi connectivity index (χ1v) is 7.25. The summed E-state index contributed by atoms with van der Waals surface area (Å²) in [6.07, 6.45) is -4.50. The molecule has 1 aliphatic rings. The van der Waals surface area contributed by atoms with Crippen molar-refractivity contribution in [1.29, 1.82) is 0 Å².